The number of piperidine rings is 1. The number of ether oxygens (including phenoxy) is 1. The number of carbonyl (C=O) groups is 1. The van der Waals surface area contributed by atoms with Crippen LogP contribution in [-0.4, -0.2) is 50.7 Å². The SMILES string of the molecule is O=C(CC1CCC1)N1CCC([C@@H]2CCC[C@H]2CCOc2ccc(-n3cnnn3)cc2)CC1. The number of tetrazole rings is 1. The van der Waals surface area contributed by atoms with Crippen LogP contribution in [0.4, 0.5) is 0 Å². The molecule has 5 rings (SSSR count). The van der Waals surface area contributed by atoms with Gasteiger partial charge < -0.3 is 9.64 Å². The van der Waals surface area contributed by atoms with Gasteiger partial charge in [0.2, 0.25) is 5.91 Å². The van der Waals surface area contributed by atoms with Crippen LogP contribution in [0.25, 0.3) is 5.69 Å². The fourth-order valence-corrected chi connectivity index (χ4v) is 6.00. The van der Waals surface area contributed by atoms with Gasteiger partial charge in [0.15, 0.2) is 0 Å². The molecule has 2 saturated carbocycles. The van der Waals surface area contributed by atoms with E-state index >= 15 is 0 Å². The van der Waals surface area contributed by atoms with Gasteiger partial charge in [0.1, 0.15) is 12.1 Å². The Labute approximate surface area is 190 Å². The van der Waals surface area contributed by atoms with E-state index in [-0.39, 0.29) is 0 Å². The summed E-state index contributed by atoms with van der Waals surface area (Å²) >= 11 is 0. The highest BCUT2D eigenvalue weighted by Gasteiger charge is 2.36. The van der Waals surface area contributed by atoms with Crippen molar-refractivity contribution in [1.29, 1.82) is 0 Å². The molecule has 7 heteroatoms. The lowest BCUT2D eigenvalue weighted by Gasteiger charge is -2.38. The van der Waals surface area contributed by atoms with E-state index in [1.165, 1.54) is 51.4 Å². The number of aromatic nitrogens is 4. The van der Waals surface area contributed by atoms with Crippen molar-refractivity contribution in [3.63, 3.8) is 0 Å². The molecule has 0 N–H and O–H groups in total. The largest absolute Gasteiger partial charge is 0.494 e. The summed E-state index contributed by atoms with van der Waals surface area (Å²) in [7, 11) is 0. The number of hydrogen-bond acceptors (Lipinski definition) is 5. The summed E-state index contributed by atoms with van der Waals surface area (Å²) in [5.74, 6) is 4.34. The molecule has 0 radical (unpaired) electrons. The smallest absolute Gasteiger partial charge is 0.222 e. The quantitative estimate of drug-likeness (QED) is 0.616. The third-order valence-electron chi connectivity index (χ3n) is 8.11. The first-order valence-corrected chi connectivity index (χ1v) is 12.5. The second kappa shape index (κ2) is 10.0. The van der Waals surface area contributed by atoms with Crippen molar-refractivity contribution in [2.75, 3.05) is 19.7 Å². The van der Waals surface area contributed by atoms with Crippen LogP contribution in [0.3, 0.4) is 0 Å². The van der Waals surface area contributed by atoms with E-state index in [4.69, 9.17) is 4.74 Å². The fraction of sp³-hybridized carbons (Fsp3) is 0.680. The molecule has 3 fully saturated rings. The van der Waals surface area contributed by atoms with Gasteiger partial charge in [-0.1, -0.05) is 19.3 Å². The molecule has 2 heterocycles. The first-order valence-electron chi connectivity index (χ1n) is 12.5. The van der Waals surface area contributed by atoms with E-state index in [9.17, 15) is 4.79 Å². The third kappa shape index (κ3) is 4.97. The van der Waals surface area contributed by atoms with Crippen molar-refractivity contribution in [1.82, 2.24) is 25.1 Å². The normalized spacial score (nSPS) is 24.4. The number of nitrogens with zero attached hydrogens (tertiary/aromatic N) is 5. The van der Waals surface area contributed by atoms with Crippen LogP contribution < -0.4 is 4.74 Å². The summed E-state index contributed by atoms with van der Waals surface area (Å²) in [6, 6.07) is 7.92. The summed E-state index contributed by atoms with van der Waals surface area (Å²) in [5, 5.41) is 11.3. The Morgan fingerprint density at radius 3 is 2.47 bits per heavy atom. The maximum absolute atomic E-state index is 12.6. The van der Waals surface area contributed by atoms with E-state index in [0.717, 1.165) is 61.7 Å². The zero-order valence-electron chi connectivity index (χ0n) is 18.9. The van der Waals surface area contributed by atoms with Crippen LogP contribution in [0.15, 0.2) is 30.6 Å². The Kier molecular flexibility index (Phi) is 6.69. The fourth-order valence-electron chi connectivity index (χ4n) is 6.00. The van der Waals surface area contributed by atoms with Gasteiger partial charge in [-0.3, -0.25) is 4.79 Å². The molecular formula is C25H35N5O2. The van der Waals surface area contributed by atoms with Crippen LogP contribution >= 0.6 is 0 Å². The molecule has 0 spiro atoms. The maximum atomic E-state index is 12.6. The standard InChI is InChI=1S/C25H35N5O2/c31-25(17-19-3-1-4-19)29-14-11-21(12-15-29)24-6-2-5-20(24)13-16-32-23-9-7-22(8-10-23)30-18-26-27-28-30/h7-10,18-21,24H,1-6,11-17H2/t20-,24+/m0/s1. The zero-order valence-corrected chi connectivity index (χ0v) is 18.9. The van der Waals surface area contributed by atoms with E-state index in [2.05, 4.69) is 20.4 Å². The molecule has 1 aromatic heterocycles. The Hall–Kier alpha value is -2.44. The van der Waals surface area contributed by atoms with Crippen LogP contribution in [0.1, 0.15) is 64.2 Å². The lowest BCUT2D eigenvalue weighted by Crippen LogP contribution is -2.41. The topological polar surface area (TPSA) is 73.1 Å². The number of carbonyl (C=O) groups excluding carboxylic acids is 1. The van der Waals surface area contributed by atoms with Gasteiger partial charge in [0.25, 0.3) is 0 Å². The molecule has 0 unspecified atom stereocenters. The summed E-state index contributed by atoms with van der Waals surface area (Å²) < 4.78 is 7.70. The van der Waals surface area contributed by atoms with Crippen molar-refractivity contribution in [2.45, 2.75) is 64.2 Å². The van der Waals surface area contributed by atoms with Crippen LogP contribution in [0, 0.1) is 23.7 Å². The molecule has 1 aromatic carbocycles. The van der Waals surface area contributed by atoms with Gasteiger partial charge in [-0.15, -0.1) is 5.10 Å². The van der Waals surface area contributed by atoms with Gasteiger partial charge in [0.05, 0.1) is 12.3 Å². The van der Waals surface area contributed by atoms with E-state index in [0.29, 0.717) is 11.8 Å². The van der Waals surface area contributed by atoms with Gasteiger partial charge in [-0.05, 0) is 96.9 Å². The van der Waals surface area contributed by atoms with Gasteiger partial charge >= 0.3 is 0 Å². The Bertz CT molecular complexity index is 857. The highest BCUT2D eigenvalue weighted by atomic mass is 16.5. The molecule has 1 saturated heterocycles. The van der Waals surface area contributed by atoms with Crippen LogP contribution in [-0.2, 0) is 4.79 Å². The number of rotatable bonds is 8. The molecule has 1 amide bonds. The third-order valence-corrected chi connectivity index (χ3v) is 8.11. The summed E-state index contributed by atoms with van der Waals surface area (Å²) in [4.78, 5) is 14.7. The highest BCUT2D eigenvalue weighted by molar-refractivity contribution is 5.76. The Balaban J connectivity index is 1.06. The van der Waals surface area contributed by atoms with Gasteiger partial charge in [-0.2, -0.15) is 0 Å². The molecule has 1 aliphatic heterocycles. The van der Waals surface area contributed by atoms with E-state index in [1.54, 1.807) is 11.0 Å². The lowest BCUT2D eigenvalue weighted by atomic mass is 9.77. The molecule has 7 nitrogen and oxygen atoms in total. The predicted octanol–water partition coefficient (Wildman–Crippen LogP) is 4.28. The summed E-state index contributed by atoms with van der Waals surface area (Å²) in [6.45, 7) is 2.72. The second-order valence-corrected chi connectivity index (χ2v) is 9.96. The molecular weight excluding hydrogens is 402 g/mol. The van der Waals surface area contributed by atoms with Crippen LogP contribution in [0.2, 0.25) is 0 Å². The molecule has 32 heavy (non-hydrogen) atoms. The Morgan fingerprint density at radius 2 is 1.78 bits per heavy atom. The lowest BCUT2D eigenvalue weighted by molar-refractivity contribution is -0.134. The number of likely N-dealkylation sites (tertiary alicyclic amines) is 1. The molecule has 2 aliphatic carbocycles. The second-order valence-electron chi connectivity index (χ2n) is 9.96. The Morgan fingerprint density at radius 1 is 1.00 bits per heavy atom. The highest BCUT2D eigenvalue weighted by Crippen LogP contribution is 2.43. The zero-order chi connectivity index (χ0) is 21.8. The van der Waals surface area contributed by atoms with Gasteiger partial charge in [-0.25, -0.2) is 4.68 Å². The first-order chi connectivity index (χ1) is 15.8. The minimum Gasteiger partial charge on any atom is -0.494 e. The van der Waals surface area contributed by atoms with Crippen molar-refractivity contribution >= 4 is 5.91 Å². The van der Waals surface area contributed by atoms with Crippen molar-refractivity contribution in [3.05, 3.63) is 30.6 Å². The van der Waals surface area contributed by atoms with Crippen LogP contribution in [0.5, 0.6) is 5.75 Å². The molecule has 172 valence electrons. The number of benzene rings is 1. The minimum atomic E-state index is 0.413. The number of hydrogen-bond donors (Lipinski definition) is 0. The minimum absolute atomic E-state index is 0.413. The van der Waals surface area contributed by atoms with Crippen molar-refractivity contribution in [2.24, 2.45) is 23.7 Å². The molecule has 2 aromatic rings. The maximum Gasteiger partial charge on any atom is 0.222 e. The van der Waals surface area contributed by atoms with E-state index in [1.807, 2.05) is 24.3 Å². The van der Waals surface area contributed by atoms with Crippen molar-refractivity contribution in [3.8, 4) is 11.4 Å². The van der Waals surface area contributed by atoms with E-state index < -0.39 is 0 Å². The van der Waals surface area contributed by atoms with Crippen molar-refractivity contribution < 1.29 is 9.53 Å². The average Bonchev–Trinajstić information content (AvgIpc) is 3.49. The number of amides is 1. The first kappa shape index (κ1) is 21.4. The van der Waals surface area contributed by atoms with Gasteiger partial charge in [0, 0.05) is 19.5 Å². The molecule has 2 atom stereocenters. The molecule has 0 bridgehead atoms. The monoisotopic (exact) mass is 437 g/mol. The predicted molar refractivity (Wildman–Crippen MR) is 121 cm³/mol. The summed E-state index contributed by atoms with van der Waals surface area (Å²) in [6.07, 6.45) is 13.8. The summed E-state index contributed by atoms with van der Waals surface area (Å²) in [5.41, 5.74) is 0.927. The average molecular weight is 438 g/mol. The molecule has 3 aliphatic rings.